The Morgan fingerprint density at radius 3 is 2.62 bits per heavy atom. The van der Waals surface area contributed by atoms with E-state index in [1.807, 2.05) is 54.7 Å². The lowest BCUT2D eigenvalue weighted by atomic mass is 10.1. The van der Waals surface area contributed by atoms with Crippen LogP contribution in [0, 0.1) is 0 Å². The predicted molar refractivity (Wildman–Crippen MR) is 140 cm³/mol. The number of ether oxygens (including phenoxy) is 4. The van der Waals surface area contributed by atoms with Gasteiger partial charge in [0.05, 0.1) is 32.9 Å². The Balaban J connectivity index is 1.28. The van der Waals surface area contributed by atoms with Gasteiger partial charge >= 0.3 is 0 Å². The van der Waals surface area contributed by atoms with Gasteiger partial charge < -0.3 is 23.4 Å². The van der Waals surface area contributed by atoms with Crippen molar-refractivity contribution in [3.05, 3.63) is 72.6 Å². The average molecular weight is 515 g/mol. The summed E-state index contributed by atoms with van der Waals surface area (Å²) in [5, 5.41) is 5.71. The molecule has 6 rings (SSSR count). The average Bonchev–Trinajstić information content (AvgIpc) is 3.65. The zero-order chi connectivity index (χ0) is 25.4. The Bertz CT molecular complexity index is 1670. The van der Waals surface area contributed by atoms with Crippen LogP contribution < -0.4 is 18.9 Å². The predicted octanol–water partition coefficient (Wildman–Crippen LogP) is 5.87. The van der Waals surface area contributed by atoms with Gasteiger partial charge in [0.1, 0.15) is 29.4 Å². The molecule has 0 saturated carbocycles. The molecule has 0 aliphatic carbocycles. The summed E-state index contributed by atoms with van der Waals surface area (Å²) in [7, 11) is 4.80. The van der Waals surface area contributed by atoms with Gasteiger partial charge in [-0.1, -0.05) is 18.2 Å². The summed E-state index contributed by atoms with van der Waals surface area (Å²) in [6, 6.07) is 17.6. The number of fused-ring (bicyclic) bond motifs is 2. The largest absolute Gasteiger partial charge is 0.496 e. The highest BCUT2D eigenvalue weighted by molar-refractivity contribution is 7.18. The molecular weight excluding hydrogens is 492 g/mol. The zero-order valence-corrected chi connectivity index (χ0v) is 21.1. The van der Waals surface area contributed by atoms with Gasteiger partial charge in [0.25, 0.3) is 5.19 Å². The lowest BCUT2D eigenvalue weighted by Gasteiger charge is -2.10. The molecular formula is C27H22N4O5S. The van der Waals surface area contributed by atoms with E-state index in [-0.39, 0.29) is 0 Å². The number of aromatic nitrogens is 4. The molecule has 4 heterocycles. The van der Waals surface area contributed by atoms with Crippen molar-refractivity contribution in [2.24, 2.45) is 0 Å². The highest BCUT2D eigenvalue weighted by Crippen LogP contribution is 2.37. The zero-order valence-electron chi connectivity index (χ0n) is 20.3. The van der Waals surface area contributed by atoms with Crippen LogP contribution in [0.25, 0.3) is 38.5 Å². The standard InChI is InChI=1S/C27H22N4O5S/c1-32-19-10-22(35-15-16-5-4-6-17(9-16)18-7-8-25(33-2)28-13-18)20-12-24(36-23(20)11-19)21-14-31-26(29-21)37-27(30-31)34-3/h4-14H,15H2,1-3H3. The number of benzene rings is 2. The van der Waals surface area contributed by atoms with Crippen molar-refractivity contribution < 1.29 is 23.4 Å². The number of nitrogens with zero attached hydrogens (tertiary/aromatic N) is 4. The number of imidazole rings is 1. The molecule has 0 aliphatic heterocycles. The van der Waals surface area contributed by atoms with Crippen LogP contribution in [0.1, 0.15) is 5.56 Å². The fourth-order valence-electron chi connectivity index (χ4n) is 4.00. The molecule has 9 nitrogen and oxygen atoms in total. The molecule has 0 spiro atoms. The first-order chi connectivity index (χ1) is 18.1. The van der Waals surface area contributed by atoms with Gasteiger partial charge in [0.15, 0.2) is 5.76 Å². The second-order valence-electron chi connectivity index (χ2n) is 8.15. The highest BCUT2D eigenvalue weighted by Gasteiger charge is 2.17. The van der Waals surface area contributed by atoms with Crippen molar-refractivity contribution in [2.75, 3.05) is 21.3 Å². The summed E-state index contributed by atoms with van der Waals surface area (Å²) in [4.78, 5) is 9.64. The first-order valence-electron chi connectivity index (χ1n) is 11.4. The van der Waals surface area contributed by atoms with Crippen LogP contribution in [-0.2, 0) is 6.61 Å². The Labute approximate surface area is 215 Å². The summed E-state index contributed by atoms with van der Waals surface area (Å²) in [5.74, 6) is 2.48. The van der Waals surface area contributed by atoms with E-state index >= 15 is 0 Å². The molecule has 0 amide bonds. The summed E-state index contributed by atoms with van der Waals surface area (Å²) in [6.45, 7) is 0.365. The summed E-state index contributed by atoms with van der Waals surface area (Å²) in [5.41, 5.74) is 4.37. The van der Waals surface area contributed by atoms with E-state index in [0.717, 1.165) is 22.1 Å². The Kier molecular flexibility index (Phi) is 5.85. The van der Waals surface area contributed by atoms with E-state index in [9.17, 15) is 0 Å². The van der Waals surface area contributed by atoms with Gasteiger partial charge in [-0.15, -0.1) is 5.10 Å². The van der Waals surface area contributed by atoms with Crippen LogP contribution in [-0.4, -0.2) is 40.9 Å². The van der Waals surface area contributed by atoms with Gasteiger partial charge in [-0.2, -0.15) is 0 Å². The molecule has 0 bridgehead atoms. The molecule has 0 atom stereocenters. The number of pyridine rings is 1. The Morgan fingerprint density at radius 1 is 0.946 bits per heavy atom. The van der Waals surface area contributed by atoms with Crippen molar-refractivity contribution in [3.63, 3.8) is 0 Å². The molecule has 0 aliphatic rings. The summed E-state index contributed by atoms with van der Waals surface area (Å²) >= 11 is 1.36. The van der Waals surface area contributed by atoms with E-state index in [1.54, 1.807) is 32.0 Å². The van der Waals surface area contributed by atoms with Crippen molar-refractivity contribution in [3.8, 4) is 45.2 Å². The minimum Gasteiger partial charge on any atom is -0.496 e. The lowest BCUT2D eigenvalue weighted by Crippen LogP contribution is -1.97. The van der Waals surface area contributed by atoms with E-state index in [4.69, 9.17) is 23.4 Å². The fraction of sp³-hybridized carbons (Fsp3) is 0.148. The molecule has 37 heavy (non-hydrogen) atoms. The third kappa shape index (κ3) is 4.43. The maximum absolute atomic E-state index is 6.27. The van der Waals surface area contributed by atoms with E-state index in [0.29, 0.717) is 51.2 Å². The van der Waals surface area contributed by atoms with Crippen LogP contribution in [0.5, 0.6) is 22.6 Å². The van der Waals surface area contributed by atoms with Crippen molar-refractivity contribution in [1.29, 1.82) is 0 Å². The van der Waals surface area contributed by atoms with E-state index < -0.39 is 0 Å². The number of methoxy groups -OCH3 is 3. The quantitative estimate of drug-likeness (QED) is 0.249. The van der Waals surface area contributed by atoms with Gasteiger partial charge in [-0.05, 0) is 40.7 Å². The SMILES string of the molecule is COc1cc(OCc2cccc(-c3ccc(OC)nc3)c2)c2cc(-c3cn4nc(OC)sc4n3)oc2c1. The molecule has 2 aromatic carbocycles. The van der Waals surface area contributed by atoms with Crippen LogP contribution >= 0.6 is 11.3 Å². The maximum Gasteiger partial charge on any atom is 0.294 e. The topological polar surface area (TPSA) is 93.1 Å². The second kappa shape index (κ2) is 9.47. The minimum atomic E-state index is 0.365. The van der Waals surface area contributed by atoms with Crippen molar-refractivity contribution in [1.82, 2.24) is 19.6 Å². The van der Waals surface area contributed by atoms with Crippen molar-refractivity contribution in [2.45, 2.75) is 6.61 Å². The smallest absolute Gasteiger partial charge is 0.294 e. The number of hydrogen-bond donors (Lipinski definition) is 0. The number of furan rings is 1. The van der Waals surface area contributed by atoms with Gasteiger partial charge in [-0.25, -0.2) is 14.5 Å². The van der Waals surface area contributed by atoms with Gasteiger partial charge in [0.2, 0.25) is 10.8 Å². The van der Waals surface area contributed by atoms with Crippen LogP contribution in [0.4, 0.5) is 0 Å². The molecule has 0 N–H and O–H groups in total. The molecule has 0 unspecified atom stereocenters. The second-order valence-corrected chi connectivity index (χ2v) is 9.07. The van der Waals surface area contributed by atoms with Crippen LogP contribution in [0.3, 0.4) is 0 Å². The van der Waals surface area contributed by atoms with Gasteiger partial charge in [0, 0.05) is 30.0 Å². The third-order valence-electron chi connectivity index (χ3n) is 5.86. The Hall–Kier alpha value is -4.57. The molecule has 0 saturated heterocycles. The molecule has 186 valence electrons. The highest BCUT2D eigenvalue weighted by atomic mass is 32.1. The maximum atomic E-state index is 6.27. The molecule has 10 heteroatoms. The summed E-state index contributed by atoms with van der Waals surface area (Å²) in [6.07, 6.45) is 3.60. The normalized spacial score (nSPS) is 11.2. The number of hydrogen-bond acceptors (Lipinski definition) is 9. The van der Waals surface area contributed by atoms with Crippen LogP contribution in [0.2, 0.25) is 0 Å². The molecule has 4 aromatic heterocycles. The fourth-order valence-corrected chi connectivity index (χ4v) is 4.70. The molecule has 0 fully saturated rings. The summed E-state index contributed by atoms with van der Waals surface area (Å²) < 4.78 is 29.9. The number of rotatable bonds is 8. The molecule has 6 aromatic rings. The van der Waals surface area contributed by atoms with Gasteiger partial charge in [-0.3, -0.25) is 0 Å². The van der Waals surface area contributed by atoms with E-state index in [1.165, 1.54) is 11.3 Å². The lowest BCUT2D eigenvalue weighted by molar-refractivity contribution is 0.307. The first kappa shape index (κ1) is 22.9. The molecule has 0 radical (unpaired) electrons. The monoisotopic (exact) mass is 514 g/mol. The van der Waals surface area contributed by atoms with Crippen molar-refractivity contribution >= 4 is 27.3 Å². The van der Waals surface area contributed by atoms with Crippen LogP contribution in [0.15, 0.2) is 71.4 Å². The first-order valence-corrected chi connectivity index (χ1v) is 12.2. The minimum absolute atomic E-state index is 0.365. The Morgan fingerprint density at radius 2 is 1.86 bits per heavy atom. The van der Waals surface area contributed by atoms with E-state index in [2.05, 4.69) is 21.1 Å². The third-order valence-corrected chi connectivity index (χ3v) is 6.74.